The lowest BCUT2D eigenvalue weighted by molar-refractivity contribution is 0.506. The third-order valence-corrected chi connectivity index (χ3v) is 4.11. The van der Waals surface area contributed by atoms with E-state index >= 15 is 0 Å². The van der Waals surface area contributed by atoms with Crippen LogP contribution < -0.4 is 5.32 Å². The zero-order valence-corrected chi connectivity index (χ0v) is 12.1. The van der Waals surface area contributed by atoms with Crippen molar-refractivity contribution in [2.75, 3.05) is 6.26 Å². The molecule has 4 nitrogen and oxygen atoms in total. The summed E-state index contributed by atoms with van der Waals surface area (Å²) in [5, 5.41) is 13.0. The zero-order chi connectivity index (χ0) is 13.9. The second kappa shape index (κ2) is 5.59. The number of aryl methyl sites for hydroxylation is 2. The predicted molar refractivity (Wildman–Crippen MR) is 82.2 cm³/mol. The predicted octanol–water partition coefficient (Wildman–Crippen LogP) is 3.73. The van der Waals surface area contributed by atoms with Crippen molar-refractivity contribution in [1.82, 2.24) is 5.32 Å². The van der Waals surface area contributed by atoms with Gasteiger partial charge in [-0.05, 0) is 43.7 Å². The first-order valence-electron chi connectivity index (χ1n) is 6.64. The van der Waals surface area contributed by atoms with Gasteiger partial charge in [-0.15, -0.1) is 0 Å². The van der Waals surface area contributed by atoms with Crippen molar-refractivity contribution in [3.8, 4) is 6.19 Å². The Morgan fingerprint density at radius 1 is 1.40 bits per heavy atom. The molecule has 1 aromatic carbocycles. The zero-order valence-electron chi connectivity index (χ0n) is 11.3. The van der Waals surface area contributed by atoms with E-state index in [2.05, 4.69) is 16.4 Å². The molecule has 1 aromatic heterocycles. The summed E-state index contributed by atoms with van der Waals surface area (Å²) in [6.45, 7) is 0. The molecule has 1 N–H and O–H groups in total. The van der Waals surface area contributed by atoms with Crippen LogP contribution in [0.1, 0.15) is 24.2 Å². The molecular weight excluding hydrogens is 270 g/mol. The van der Waals surface area contributed by atoms with Crippen LogP contribution in [0.2, 0.25) is 0 Å². The number of furan rings is 1. The van der Waals surface area contributed by atoms with Gasteiger partial charge in [-0.3, -0.25) is 5.32 Å². The summed E-state index contributed by atoms with van der Waals surface area (Å²) in [5.41, 5.74) is 3.12. The Hall–Kier alpha value is -1.93. The van der Waals surface area contributed by atoms with E-state index < -0.39 is 0 Å². The lowest BCUT2D eigenvalue weighted by Crippen LogP contribution is -2.12. The molecule has 102 valence electrons. The van der Waals surface area contributed by atoms with Crippen molar-refractivity contribution in [2.24, 2.45) is 4.99 Å². The maximum Gasteiger partial charge on any atom is 0.183 e. The lowest BCUT2D eigenvalue weighted by atomic mass is 9.96. The maximum atomic E-state index is 8.67. The summed E-state index contributed by atoms with van der Waals surface area (Å²) in [4.78, 5) is 4.45. The Balaban J connectivity index is 2.04. The standard InChI is InChI=1S/C15H15N3OS/c1-20-15(17-9-16)18-10-6-7-14-12(8-10)11-4-2-3-5-13(11)19-14/h6-8H,2-5H2,1H3,(H,17,18). The van der Waals surface area contributed by atoms with E-state index in [9.17, 15) is 0 Å². The van der Waals surface area contributed by atoms with Crippen LogP contribution in [0.5, 0.6) is 0 Å². The summed E-state index contributed by atoms with van der Waals surface area (Å²) >= 11 is 1.42. The van der Waals surface area contributed by atoms with Crippen molar-refractivity contribution < 1.29 is 4.42 Å². The number of nitrogens with zero attached hydrogens (tertiary/aromatic N) is 2. The van der Waals surface area contributed by atoms with E-state index in [1.807, 2.05) is 24.6 Å². The van der Waals surface area contributed by atoms with Gasteiger partial charge in [0.1, 0.15) is 11.3 Å². The Kier molecular flexibility index (Phi) is 3.66. The molecule has 0 amide bonds. The molecule has 0 radical (unpaired) electrons. The monoisotopic (exact) mass is 285 g/mol. The summed E-state index contributed by atoms with van der Waals surface area (Å²) in [6, 6.07) is 5.95. The van der Waals surface area contributed by atoms with Gasteiger partial charge in [-0.1, -0.05) is 11.8 Å². The molecule has 0 bridgehead atoms. The number of hydrogen-bond donors (Lipinski definition) is 1. The fourth-order valence-corrected chi connectivity index (χ4v) is 2.95. The van der Waals surface area contributed by atoms with Crippen molar-refractivity contribution >= 4 is 33.6 Å². The maximum absolute atomic E-state index is 8.67. The number of hydrogen-bond acceptors (Lipinski definition) is 4. The average Bonchev–Trinajstić information content (AvgIpc) is 2.85. The molecule has 1 heterocycles. The fraction of sp³-hybridized carbons (Fsp3) is 0.333. The minimum Gasteiger partial charge on any atom is -0.461 e. The molecular formula is C15H15N3OS. The number of rotatable bonds is 1. The number of amidine groups is 1. The van der Waals surface area contributed by atoms with Gasteiger partial charge in [0.05, 0.1) is 5.69 Å². The first kappa shape index (κ1) is 13.1. The second-order valence-electron chi connectivity index (χ2n) is 4.75. The Labute approximate surface area is 121 Å². The molecule has 2 aromatic rings. The van der Waals surface area contributed by atoms with Gasteiger partial charge in [0.2, 0.25) is 0 Å². The van der Waals surface area contributed by atoms with Gasteiger partial charge in [-0.25, -0.2) is 4.99 Å². The Morgan fingerprint density at radius 2 is 2.25 bits per heavy atom. The smallest absolute Gasteiger partial charge is 0.183 e. The van der Waals surface area contributed by atoms with Gasteiger partial charge in [0.25, 0.3) is 0 Å². The van der Waals surface area contributed by atoms with Crippen LogP contribution in [0.3, 0.4) is 0 Å². The largest absolute Gasteiger partial charge is 0.461 e. The molecule has 0 fully saturated rings. The highest BCUT2D eigenvalue weighted by atomic mass is 32.2. The van der Waals surface area contributed by atoms with Gasteiger partial charge < -0.3 is 4.42 Å². The molecule has 20 heavy (non-hydrogen) atoms. The first-order chi connectivity index (χ1) is 9.81. The van der Waals surface area contributed by atoms with Crippen molar-refractivity contribution in [3.63, 3.8) is 0 Å². The molecule has 0 atom stereocenters. The van der Waals surface area contributed by atoms with Crippen LogP contribution in [0.4, 0.5) is 5.69 Å². The van der Waals surface area contributed by atoms with Crippen LogP contribution in [-0.4, -0.2) is 11.4 Å². The number of aliphatic imine (C=N–C) groups is 1. The van der Waals surface area contributed by atoms with Gasteiger partial charge in [0.15, 0.2) is 11.4 Å². The first-order valence-corrected chi connectivity index (χ1v) is 7.86. The van der Waals surface area contributed by atoms with E-state index in [1.165, 1.54) is 35.6 Å². The van der Waals surface area contributed by atoms with E-state index in [1.54, 1.807) is 0 Å². The van der Waals surface area contributed by atoms with E-state index in [0.29, 0.717) is 5.17 Å². The molecule has 5 heteroatoms. The van der Waals surface area contributed by atoms with E-state index in [0.717, 1.165) is 29.9 Å². The number of thioether (sulfide) groups is 1. The highest BCUT2D eigenvalue weighted by Crippen LogP contribution is 2.34. The summed E-state index contributed by atoms with van der Waals surface area (Å²) < 4.78 is 5.90. The molecule has 1 aliphatic rings. The molecule has 0 aliphatic heterocycles. The van der Waals surface area contributed by atoms with Crippen molar-refractivity contribution in [1.29, 1.82) is 5.26 Å². The summed E-state index contributed by atoms with van der Waals surface area (Å²) in [5.74, 6) is 1.13. The molecule has 0 unspecified atom stereocenters. The number of benzene rings is 1. The normalized spacial score (nSPS) is 14.9. The van der Waals surface area contributed by atoms with Crippen LogP contribution in [0.25, 0.3) is 11.0 Å². The minimum absolute atomic E-state index is 0.601. The summed E-state index contributed by atoms with van der Waals surface area (Å²) in [6.07, 6.45) is 8.34. The van der Waals surface area contributed by atoms with E-state index in [4.69, 9.17) is 9.68 Å². The summed E-state index contributed by atoms with van der Waals surface area (Å²) in [7, 11) is 0. The van der Waals surface area contributed by atoms with Crippen LogP contribution in [0, 0.1) is 11.5 Å². The molecule has 0 saturated heterocycles. The quantitative estimate of drug-likeness (QED) is 0.375. The Morgan fingerprint density at radius 3 is 3.05 bits per heavy atom. The van der Waals surface area contributed by atoms with Gasteiger partial charge in [-0.2, -0.15) is 5.26 Å². The van der Waals surface area contributed by atoms with E-state index in [-0.39, 0.29) is 0 Å². The van der Waals surface area contributed by atoms with Gasteiger partial charge in [0, 0.05) is 17.4 Å². The van der Waals surface area contributed by atoms with Crippen LogP contribution >= 0.6 is 11.8 Å². The average molecular weight is 285 g/mol. The SMILES string of the molecule is CSC(=Nc1ccc2oc3c(c2c1)CCCC3)NC#N. The highest BCUT2D eigenvalue weighted by Gasteiger charge is 2.17. The Bertz CT molecular complexity index is 712. The topological polar surface area (TPSA) is 61.3 Å². The van der Waals surface area contributed by atoms with Crippen molar-refractivity contribution in [3.05, 3.63) is 29.5 Å². The highest BCUT2D eigenvalue weighted by molar-refractivity contribution is 8.13. The second-order valence-corrected chi connectivity index (χ2v) is 5.54. The number of nitrogens with one attached hydrogen (secondary N) is 1. The van der Waals surface area contributed by atoms with Crippen molar-refractivity contribution in [2.45, 2.75) is 25.7 Å². The molecule has 1 aliphatic carbocycles. The third kappa shape index (κ3) is 2.39. The molecule has 0 saturated carbocycles. The number of nitriles is 1. The lowest BCUT2D eigenvalue weighted by Gasteiger charge is -2.08. The fourth-order valence-electron chi connectivity index (χ4n) is 2.61. The van der Waals surface area contributed by atoms with Crippen LogP contribution in [0.15, 0.2) is 27.6 Å². The molecule has 0 spiro atoms. The van der Waals surface area contributed by atoms with Crippen LogP contribution in [-0.2, 0) is 12.8 Å². The number of fused-ring (bicyclic) bond motifs is 3. The minimum atomic E-state index is 0.601. The molecule has 3 rings (SSSR count). The third-order valence-electron chi connectivity index (χ3n) is 3.53. The van der Waals surface area contributed by atoms with Gasteiger partial charge >= 0.3 is 0 Å².